The van der Waals surface area contributed by atoms with Gasteiger partial charge in [-0.1, -0.05) is 364 Å². The third-order valence-corrected chi connectivity index (χ3v) is 19.9. The summed E-state index contributed by atoms with van der Waals surface area (Å²) < 4.78 is 16.8. The Morgan fingerprint density at radius 2 is 0.698 bits per heavy atom. The molecule has 0 aliphatic carbocycles. The maximum Gasteiger partial charge on any atom is 0.305 e. The van der Waals surface area contributed by atoms with E-state index in [0.29, 0.717) is 19.4 Å². The molecule has 11 heteroatoms. The van der Waals surface area contributed by atoms with E-state index in [2.05, 4.69) is 55.6 Å². The molecule has 0 radical (unpaired) electrons. The number of allylic oxidation sites excluding steroid dienone is 7. The second-order valence-electron chi connectivity index (χ2n) is 29.2. The normalized spacial score (nSPS) is 17.5. The number of rotatable bonds is 75. The summed E-state index contributed by atoms with van der Waals surface area (Å²) in [5.74, 6) is -0.163. The highest BCUT2D eigenvalue weighted by atomic mass is 16.7. The number of hydrogen-bond acceptors (Lipinski definition) is 10. The van der Waals surface area contributed by atoms with Crippen LogP contribution in [0.15, 0.2) is 48.6 Å². The van der Waals surface area contributed by atoms with Crippen molar-refractivity contribution in [1.82, 2.24) is 5.32 Å². The summed E-state index contributed by atoms with van der Waals surface area (Å²) >= 11 is 0. The van der Waals surface area contributed by atoms with E-state index in [1.54, 1.807) is 6.08 Å². The second-order valence-corrected chi connectivity index (χ2v) is 29.2. The first kappa shape index (κ1) is 91.6. The van der Waals surface area contributed by atoms with Crippen LogP contribution in [0.1, 0.15) is 418 Å². The van der Waals surface area contributed by atoms with Crippen LogP contribution in [0, 0.1) is 0 Å². The Morgan fingerprint density at radius 1 is 0.385 bits per heavy atom. The number of hydrogen-bond donors (Lipinski definition) is 6. The zero-order valence-electron chi connectivity index (χ0n) is 63.1. The van der Waals surface area contributed by atoms with E-state index >= 15 is 0 Å². The molecule has 1 amide bonds. The minimum atomic E-state index is -1.57. The fraction of sp³-hybridized carbons (Fsp3) is 0.882. The fourth-order valence-electron chi connectivity index (χ4n) is 13.3. The quantitative estimate of drug-likeness (QED) is 0.0195. The van der Waals surface area contributed by atoms with Crippen LogP contribution < -0.4 is 5.32 Å². The molecule has 0 aromatic rings. The summed E-state index contributed by atoms with van der Waals surface area (Å²) in [6.45, 7) is 4.37. The third kappa shape index (κ3) is 61.5. The molecule has 0 aromatic heterocycles. The van der Waals surface area contributed by atoms with Gasteiger partial charge in [0.25, 0.3) is 0 Å². The van der Waals surface area contributed by atoms with Crippen LogP contribution in [-0.4, -0.2) is 100 Å². The molecule has 0 spiro atoms. The van der Waals surface area contributed by atoms with Crippen molar-refractivity contribution in [2.75, 3.05) is 19.8 Å². The zero-order chi connectivity index (χ0) is 69.4. The molecule has 7 unspecified atom stereocenters. The Kier molecular flexibility index (Phi) is 70.5. The van der Waals surface area contributed by atoms with E-state index < -0.39 is 49.5 Å². The number of carbonyl (C=O) groups is 2. The third-order valence-electron chi connectivity index (χ3n) is 19.9. The van der Waals surface area contributed by atoms with Gasteiger partial charge in [-0.15, -0.1) is 0 Å². The first-order chi connectivity index (χ1) is 47.2. The average Bonchev–Trinajstić information content (AvgIpc) is 0.836. The number of unbranched alkanes of at least 4 members (excludes halogenated alkanes) is 55. The van der Waals surface area contributed by atoms with E-state index in [1.165, 1.54) is 327 Å². The zero-order valence-corrected chi connectivity index (χ0v) is 63.1. The van der Waals surface area contributed by atoms with E-state index in [-0.39, 0.29) is 18.5 Å². The highest BCUT2D eigenvalue weighted by molar-refractivity contribution is 5.76. The summed E-state index contributed by atoms with van der Waals surface area (Å²) in [5, 5.41) is 54.4. The Bertz CT molecular complexity index is 1740. The molecule has 0 saturated carbocycles. The second kappa shape index (κ2) is 73.8. The summed E-state index contributed by atoms with van der Waals surface area (Å²) in [6, 6.07) is -0.807. The van der Waals surface area contributed by atoms with Crippen molar-refractivity contribution >= 4 is 11.9 Å². The van der Waals surface area contributed by atoms with Crippen molar-refractivity contribution in [2.24, 2.45) is 0 Å². The molecule has 11 nitrogen and oxygen atoms in total. The molecule has 0 bridgehead atoms. The fourth-order valence-corrected chi connectivity index (χ4v) is 13.3. The molecule has 0 aromatic carbocycles. The standard InChI is InChI=1S/C85H159NO10/c1-3-5-7-9-11-13-15-16-17-18-40-44-47-50-53-57-61-65-69-73-81(90)94-74-70-66-62-58-54-51-48-45-42-39-37-35-33-31-29-27-25-23-21-19-20-22-24-26-28-30-32-34-36-38-41-43-46-49-52-56-60-64-68-72-80(89)86-77(76-95-85-84(93)83(92)82(91)79(75-87)96-85)78(88)71-67-63-59-55-14-12-10-8-6-4-2/h16-17,19-20,23,25,67,71,77-79,82-85,87-88,91-93H,3-15,18,21-22,24,26-66,68-70,72-76H2,1-2H3,(H,86,89)/b17-16-,20-19-,25-23-,71-67+. The molecule has 1 fully saturated rings. The van der Waals surface area contributed by atoms with E-state index in [4.69, 9.17) is 14.2 Å². The van der Waals surface area contributed by atoms with Crippen molar-refractivity contribution in [2.45, 2.75) is 461 Å². The van der Waals surface area contributed by atoms with Crippen molar-refractivity contribution < 1.29 is 49.3 Å². The maximum atomic E-state index is 13.1. The summed E-state index contributed by atoms with van der Waals surface area (Å²) in [5.41, 5.74) is 0. The first-order valence-electron chi connectivity index (χ1n) is 41.9. The minimum absolute atomic E-state index is 0.0148. The van der Waals surface area contributed by atoms with Crippen LogP contribution in [0.2, 0.25) is 0 Å². The largest absolute Gasteiger partial charge is 0.466 e. The first-order valence-corrected chi connectivity index (χ1v) is 41.9. The van der Waals surface area contributed by atoms with Crippen molar-refractivity contribution in [3.8, 4) is 0 Å². The van der Waals surface area contributed by atoms with Gasteiger partial charge < -0.3 is 45.1 Å². The van der Waals surface area contributed by atoms with Gasteiger partial charge in [-0.3, -0.25) is 9.59 Å². The van der Waals surface area contributed by atoms with Gasteiger partial charge in [-0.2, -0.15) is 0 Å². The Morgan fingerprint density at radius 3 is 1.06 bits per heavy atom. The van der Waals surface area contributed by atoms with Gasteiger partial charge in [-0.25, -0.2) is 0 Å². The van der Waals surface area contributed by atoms with E-state index in [1.807, 2.05) is 6.08 Å². The van der Waals surface area contributed by atoms with Gasteiger partial charge in [0.05, 0.1) is 32.0 Å². The molecular weight excluding hydrogens is 1190 g/mol. The van der Waals surface area contributed by atoms with Gasteiger partial charge in [0.15, 0.2) is 6.29 Å². The van der Waals surface area contributed by atoms with Crippen LogP contribution >= 0.6 is 0 Å². The minimum Gasteiger partial charge on any atom is -0.466 e. The number of ether oxygens (including phenoxy) is 3. The number of nitrogens with one attached hydrogen (secondary N) is 1. The molecule has 6 N–H and O–H groups in total. The van der Waals surface area contributed by atoms with Crippen molar-refractivity contribution in [3.05, 3.63) is 48.6 Å². The molecule has 7 atom stereocenters. The van der Waals surface area contributed by atoms with Crippen LogP contribution in [0.4, 0.5) is 0 Å². The van der Waals surface area contributed by atoms with Gasteiger partial charge in [0, 0.05) is 12.8 Å². The highest BCUT2D eigenvalue weighted by Crippen LogP contribution is 2.24. The summed E-state index contributed by atoms with van der Waals surface area (Å²) in [4.78, 5) is 25.2. The van der Waals surface area contributed by atoms with Crippen LogP contribution in [0.3, 0.4) is 0 Å². The molecule has 96 heavy (non-hydrogen) atoms. The topological polar surface area (TPSA) is 175 Å². The lowest BCUT2D eigenvalue weighted by molar-refractivity contribution is -0.302. The molecule has 1 aliphatic heterocycles. The number of esters is 1. The lowest BCUT2D eigenvalue weighted by Gasteiger charge is -2.40. The molecule has 1 saturated heterocycles. The molecule has 1 heterocycles. The average molecular weight is 1360 g/mol. The number of amides is 1. The Hall–Kier alpha value is -2.38. The predicted octanol–water partition coefficient (Wildman–Crippen LogP) is 23.0. The summed E-state index contributed by atoms with van der Waals surface area (Å²) in [7, 11) is 0. The predicted molar refractivity (Wildman–Crippen MR) is 407 cm³/mol. The van der Waals surface area contributed by atoms with Crippen molar-refractivity contribution in [3.63, 3.8) is 0 Å². The van der Waals surface area contributed by atoms with Gasteiger partial charge in [0.2, 0.25) is 5.91 Å². The monoisotopic (exact) mass is 1350 g/mol. The number of aliphatic hydroxyl groups excluding tert-OH is 5. The number of carbonyl (C=O) groups excluding carboxylic acids is 2. The smallest absolute Gasteiger partial charge is 0.305 e. The van der Waals surface area contributed by atoms with Crippen LogP contribution in [-0.2, 0) is 23.8 Å². The molecule has 564 valence electrons. The van der Waals surface area contributed by atoms with Gasteiger partial charge in [-0.05, 0) is 89.9 Å². The maximum absolute atomic E-state index is 13.1. The van der Waals surface area contributed by atoms with Crippen LogP contribution in [0.25, 0.3) is 0 Å². The van der Waals surface area contributed by atoms with Crippen molar-refractivity contribution in [1.29, 1.82) is 0 Å². The lowest BCUT2D eigenvalue weighted by Crippen LogP contribution is -2.60. The Balaban J connectivity index is 1.85. The van der Waals surface area contributed by atoms with Gasteiger partial charge >= 0.3 is 5.97 Å². The molecular formula is C85H159NO10. The Labute approximate surface area is 593 Å². The van der Waals surface area contributed by atoms with E-state index in [9.17, 15) is 35.1 Å². The highest BCUT2D eigenvalue weighted by Gasteiger charge is 2.44. The molecule has 1 rings (SSSR count). The summed E-state index contributed by atoms with van der Waals surface area (Å²) in [6.07, 6.45) is 88.9. The number of aliphatic hydroxyl groups is 5. The lowest BCUT2D eigenvalue weighted by atomic mass is 9.99. The van der Waals surface area contributed by atoms with Crippen LogP contribution in [0.5, 0.6) is 0 Å². The van der Waals surface area contributed by atoms with Gasteiger partial charge in [0.1, 0.15) is 24.4 Å². The van der Waals surface area contributed by atoms with E-state index in [0.717, 1.165) is 64.2 Å². The molecule has 1 aliphatic rings. The SMILES string of the molecule is CCCCCCCC/C=C\CCCCCCCCCCCC(=O)OCCCCCCCCCCCCCCCCC/C=C\C/C=C\CCCCCCCCCCCCCCCCCCCC(=O)NC(COC1OC(CO)C(O)C(O)C1O)C(O)/C=C/CCCCCCCCCC.